The van der Waals surface area contributed by atoms with Gasteiger partial charge in [-0.15, -0.1) is 11.3 Å². The van der Waals surface area contributed by atoms with Gasteiger partial charge in [0.25, 0.3) is 0 Å². The van der Waals surface area contributed by atoms with E-state index in [0.717, 1.165) is 16.7 Å². The normalized spacial score (nSPS) is 12.2. The molecule has 0 atom stereocenters. The van der Waals surface area contributed by atoms with Gasteiger partial charge in [-0.3, -0.25) is 4.98 Å². The summed E-state index contributed by atoms with van der Waals surface area (Å²) in [5.41, 5.74) is 5.73. The molecule has 2 aromatic carbocycles. The van der Waals surface area contributed by atoms with E-state index in [2.05, 4.69) is 81.7 Å². The Morgan fingerprint density at radius 2 is 1.50 bits per heavy atom. The van der Waals surface area contributed by atoms with Crippen LogP contribution in [0.3, 0.4) is 0 Å². The number of benzene rings is 2. The zero-order chi connectivity index (χ0) is 19.8. The number of aromatic nitrogens is 4. The van der Waals surface area contributed by atoms with Crippen molar-refractivity contribution in [3.8, 4) is 5.69 Å². The highest BCUT2D eigenvalue weighted by atomic mass is 32.1. The van der Waals surface area contributed by atoms with Crippen LogP contribution in [0.15, 0.2) is 79.3 Å². The quantitative estimate of drug-likeness (QED) is 0.313. The molecule has 0 aliphatic rings. The summed E-state index contributed by atoms with van der Waals surface area (Å²) in [5.74, 6) is 0. The van der Waals surface area contributed by atoms with Crippen molar-refractivity contribution in [3.05, 3.63) is 84.1 Å². The lowest BCUT2D eigenvalue weighted by atomic mass is 10.1. The summed E-state index contributed by atoms with van der Waals surface area (Å²) >= 11 is 1.80. The number of thiophene rings is 1. The first-order chi connectivity index (χ1) is 14.8. The molecule has 30 heavy (non-hydrogen) atoms. The average Bonchev–Trinajstić information content (AvgIpc) is 3.47. The second-order valence-corrected chi connectivity index (χ2v) is 8.91. The minimum absolute atomic E-state index is 1.09. The number of hydrogen-bond acceptors (Lipinski definition) is 3. The van der Waals surface area contributed by atoms with Gasteiger partial charge >= 0.3 is 0 Å². The van der Waals surface area contributed by atoms with Gasteiger partial charge in [-0.1, -0.05) is 36.4 Å². The molecule has 0 saturated heterocycles. The average molecular weight is 404 g/mol. The molecule has 0 N–H and O–H groups in total. The summed E-state index contributed by atoms with van der Waals surface area (Å²) in [7, 11) is 0. The third-order valence-corrected chi connectivity index (χ3v) is 7.03. The molecular weight excluding hydrogens is 388 g/mol. The van der Waals surface area contributed by atoms with E-state index in [1.165, 1.54) is 42.2 Å². The predicted octanol–water partition coefficient (Wildman–Crippen LogP) is 6.50. The molecule has 0 spiro atoms. The van der Waals surface area contributed by atoms with Crippen LogP contribution in [0.25, 0.3) is 54.0 Å². The van der Waals surface area contributed by atoms with Crippen LogP contribution >= 0.6 is 11.3 Å². The lowest BCUT2D eigenvalue weighted by Crippen LogP contribution is -1.95. The summed E-state index contributed by atoms with van der Waals surface area (Å²) in [6.07, 6.45) is 5.86. The maximum atomic E-state index is 4.86. The molecule has 5 aromatic heterocycles. The molecule has 0 aliphatic heterocycles. The number of pyridine rings is 2. The molecule has 0 radical (unpaired) electrons. The summed E-state index contributed by atoms with van der Waals surface area (Å²) in [4.78, 5) is 5.70. The van der Waals surface area contributed by atoms with Crippen LogP contribution < -0.4 is 0 Å². The van der Waals surface area contributed by atoms with Crippen LogP contribution in [-0.4, -0.2) is 19.2 Å². The smallest absolute Gasteiger partial charge is 0.0990 e. The molecule has 0 bridgehead atoms. The molecule has 5 heterocycles. The van der Waals surface area contributed by atoms with Crippen LogP contribution in [0.2, 0.25) is 0 Å². The summed E-state index contributed by atoms with van der Waals surface area (Å²) in [6, 6.07) is 21.5. The fourth-order valence-electron chi connectivity index (χ4n) is 4.75. The van der Waals surface area contributed by atoms with Crippen molar-refractivity contribution in [3.63, 3.8) is 0 Å². The van der Waals surface area contributed by atoms with Gasteiger partial charge in [0.2, 0.25) is 0 Å². The topological polar surface area (TPSA) is 35.1 Å². The maximum Gasteiger partial charge on any atom is 0.0990 e. The third-order valence-electron chi connectivity index (χ3n) is 5.96. The van der Waals surface area contributed by atoms with E-state index < -0.39 is 0 Å². The number of nitrogens with zero attached hydrogens (tertiary/aromatic N) is 4. The van der Waals surface area contributed by atoms with Crippen molar-refractivity contribution in [1.82, 2.24) is 19.2 Å². The molecule has 142 valence electrons. The van der Waals surface area contributed by atoms with Gasteiger partial charge in [-0.05, 0) is 31.2 Å². The van der Waals surface area contributed by atoms with Crippen molar-refractivity contribution in [2.45, 2.75) is 6.92 Å². The Morgan fingerprint density at radius 1 is 0.767 bits per heavy atom. The molecule has 0 aliphatic carbocycles. The molecule has 0 unspecified atom stereocenters. The van der Waals surface area contributed by atoms with E-state index in [0.29, 0.717) is 0 Å². The molecule has 5 heteroatoms. The first-order valence-electron chi connectivity index (χ1n) is 9.93. The number of rotatable bonds is 1. The number of aryl methyl sites for hydroxylation is 1. The highest BCUT2D eigenvalue weighted by Crippen LogP contribution is 2.39. The summed E-state index contributed by atoms with van der Waals surface area (Å²) < 4.78 is 5.68. The standard InChI is InChI=1S/C25H16N4S/c1-15-12-22-25(30-15)19-13-26-11-10-18(19)24-23(14-27-29(22)24)28-20-8-4-2-6-16(20)17-7-3-5-9-21(17)28/h2-14H,1H3. The number of hydrogen-bond donors (Lipinski definition) is 0. The molecule has 7 rings (SSSR count). The van der Waals surface area contributed by atoms with Crippen LogP contribution in [0.1, 0.15) is 4.88 Å². The van der Waals surface area contributed by atoms with Crippen molar-refractivity contribution in [1.29, 1.82) is 0 Å². The van der Waals surface area contributed by atoms with E-state index in [1.807, 2.05) is 18.6 Å². The Balaban J connectivity index is 1.75. The number of fused-ring (bicyclic) bond motifs is 9. The first-order valence-corrected chi connectivity index (χ1v) is 10.7. The second-order valence-electron chi connectivity index (χ2n) is 7.65. The predicted molar refractivity (Wildman–Crippen MR) is 125 cm³/mol. The van der Waals surface area contributed by atoms with Gasteiger partial charge in [-0.25, -0.2) is 4.52 Å². The zero-order valence-electron chi connectivity index (χ0n) is 16.2. The van der Waals surface area contributed by atoms with Gasteiger partial charge < -0.3 is 4.57 Å². The monoisotopic (exact) mass is 404 g/mol. The van der Waals surface area contributed by atoms with Crippen LogP contribution in [0, 0.1) is 6.92 Å². The maximum absolute atomic E-state index is 4.86. The lowest BCUT2D eigenvalue weighted by molar-refractivity contribution is 1.01. The van der Waals surface area contributed by atoms with Gasteiger partial charge in [0.1, 0.15) is 0 Å². The van der Waals surface area contributed by atoms with Crippen LogP contribution in [0.4, 0.5) is 0 Å². The van der Waals surface area contributed by atoms with Crippen molar-refractivity contribution < 1.29 is 0 Å². The third kappa shape index (κ3) is 1.95. The molecule has 0 fully saturated rings. The Kier molecular flexibility index (Phi) is 3.05. The van der Waals surface area contributed by atoms with Crippen molar-refractivity contribution in [2.75, 3.05) is 0 Å². The summed E-state index contributed by atoms with van der Waals surface area (Å²) in [5, 5.41) is 9.73. The van der Waals surface area contributed by atoms with E-state index >= 15 is 0 Å². The SMILES string of the molecule is Cc1cc2c(s1)c1cnccc1c1c(-n3c4ccccc4c4ccccc43)cnn21. The van der Waals surface area contributed by atoms with E-state index in [4.69, 9.17) is 5.10 Å². The van der Waals surface area contributed by atoms with Crippen LogP contribution in [0.5, 0.6) is 0 Å². The van der Waals surface area contributed by atoms with Gasteiger partial charge in [0.05, 0.1) is 38.7 Å². The minimum atomic E-state index is 1.09. The Hall–Kier alpha value is -3.70. The molecule has 0 amide bonds. The fourth-order valence-corrected chi connectivity index (χ4v) is 5.77. The largest absolute Gasteiger partial charge is 0.306 e. The second kappa shape index (κ2) is 5.68. The summed E-state index contributed by atoms with van der Waals surface area (Å²) in [6.45, 7) is 2.15. The van der Waals surface area contributed by atoms with Gasteiger partial charge in [0, 0.05) is 38.8 Å². The molecule has 7 aromatic rings. The van der Waals surface area contributed by atoms with Crippen molar-refractivity contribution in [2.24, 2.45) is 0 Å². The molecular formula is C25H16N4S. The van der Waals surface area contributed by atoms with E-state index in [1.54, 1.807) is 11.3 Å². The highest BCUT2D eigenvalue weighted by molar-refractivity contribution is 7.20. The van der Waals surface area contributed by atoms with E-state index in [9.17, 15) is 0 Å². The minimum Gasteiger partial charge on any atom is -0.306 e. The van der Waals surface area contributed by atoms with E-state index in [-0.39, 0.29) is 0 Å². The lowest BCUT2D eigenvalue weighted by Gasteiger charge is -2.09. The Bertz CT molecular complexity index is 1710. The van der Waals surface area contributed by atoms with Crippen LogP contribution in [-0.2, 0) is 0 Å². The fraction of sp³-hybridized carbons (Fsp3) is 0.0400. The van der Waals surface area contributed by atoms with Gasteiger partial charge in [-0.2, -0.15) is 5.10 Å². The first kappa shape index (κ1) is 16.1. The zero-order valence-corrected chi connectivity index (χ0v) is 17.0. The highest BCUT2D eigenvalue weighted by Gasteiger charge is 2.19. The Labute approximate surface area is 175 Å². The number of para-hydroxylation sites is 2. The van der Waals surface area contributed by atoms with Gasteiger partial charge in [0.15, 0.2) is 0 Å². The van der Waals surface area contributed by atoms with Crippen molar-refractivity contribution >= 4 is 59.6 Å². The molecule has 4 nitrogen and oxygen atoms in total. The molecule has 0 saturated carbocycles. The Morgan fingerprint density at radius 3 is 2.27 bits per heavy atom.